The zero-order valence-electron chi connectivity index (χ0n) is 15.3. The first-order chi connectivity index (χ1) is 13.4. The molecule has 1 aromatic carbocycles. The van der Waals surface area contributed by atoms with E-state index in [2.05, 4.69) is 25.3 Å². The van der Waals surface area contributed by atoms with E-state index in [1.807, 2.05) is 5.48 Å². The lowest BCUT2D eigenvalue weighted by molar-refractivity contribution is -0.134. The van der Waals surface area contributed by atoms with Crippen molar-refractivity contribution in [3.05, 3.63) is 40.8 Å². The second kappa shape index (κ2) is 7.90. The molecule has 0 radical (unpaired) electrons. The summed E-state index contributed by atoms with van der Waals surface area (Å²) in [6.45, 7) is 2.84. The number of aliphatic hydroxyl groups excluding tert-OH is 1. The third-order valence-electron chi connectivity index (χ3n) is 4.25. The van der Waals surface area contributed by atoms with Crippen molar-refractivity contribution in [2.75, 3.05) is 13.2 Å². The molecule has 1 atom stereocenters. The van der Waals surface area contributed by atoms with Gasteiger partial charge in [0, 0.05) is 6.54 Å². The number of nitrogens with one attached hydrogen (secondary N) is 2. The number of carbonyl (C=O) groups is 1. The van der Waals surface area contributed by atoms with Gasteiger partial charge in [0.15, 0.2) is 11.4 Å². The minimum absolute atomic E-state index is 0.0459. The average molecular weight is 393 g/mol. The van der Waals surface area contributed by atoms with Gasteiger partial charge in [0.1, 0.15) is 5.82 Å². The molecule has 3 rings (SSSR count). The predicted octanol–water partition coefficient (Wildman–Crippen LogP) is 0.497. The van der Waals surface area contributed by atoms with Gasteiger partial charge in [0.05, 0.1) is 12.6 Å². The van der Waals surface area contributed by atoms with Crippen LogP contribution < -0.4 is 15.5 Å². The molecule has 0 aliphatic heterocycles. The highest BCUT2D eigenvalue weighted by atomic mass is 19.1. The normalized spacial score (nSPS) is 16.2. The van der Waals surface area contributed by atoms with Crippen LogP contribution in [0.25, 0.3) is 0 Å². The smallest absolute Gasteiger partial charge is 0.288 e. The van der Waals surface area contributed by atoms with Gasteiger partial charge in [-0.25, -0.2) is 9.02 Å². The Balaban J connectivity index is 1.80. The van der Waals surface area contributed by atoms with Crippen molar-refractivity contribution >= 4 is 11.7 Å². The van der Waals surface area contributed by atoms with Crippen LogP contribution in [0.1, 0.15) is 36.7 Å². The summed E-state index contributed by atoms with van der Waals surface area (Å²) in [6, 6.07) is 4.06. The third-order valence-corrected chi connectivity index (χ3v) is 4.25. The van der Waals surface area contributed by atoms with Gasteiger partial charge in [-0.05, 0) is 53.8 Å². The number of fused-ring (bicyclic) bond motifs is 1. The molecule has 0 saturated carbocycles. The number of ether oxygens (including phenoxy) is 1. The highest BCUT2D eigenvalue weighted by molar-refractivity contribution is 5.98. The first kappa shape index (κ1) is 19.7. The first-order valence-corrected chi connectivity index (χ1v) is 8.53. The summed E-state index contributed by atoms with van der Waals surface area (Å²) in [7, 11) is 0. The van der Waals surface area contributed by atoms with E-state index in [1.165, 1.54) is 26.0 Å². The van der Waals surface area contributed by atoms with Crippen LogP contribution in [0.15, 0.2) is 27.8 Å². The molecule has 0 fully saturated rings. The molecule has 0 bridgehead atoms. The van der Waals surface area contributed by atoms with Gasteiger partial charge in [0.2, 0.25) is 5.69 Å². The summed E-state index contributed by atoms with van der Waals surface area (Å²) in [4.78, 5) is 16.5. The van der Waals surface area contributed by atoms with Crippen molar-refractivity contribution in [3.8, 4) is 5.88 Å². The molecule has 0 spiro atoms. The Morgan fingerprint density at radius 3 is 2.96 bits per heavy atom. The molecular formula is C17H20FN5O5. The Morgan fingerprint density at radius 2 is 2.25 bits per heavy atom. The summed E-state index contributed by atoms with van der Waals surface area (Å²) < 4.78 is 23.7. The van der Waals surface area contributed by atoms with Crippen LogP contribution in [0.4, 0.5) is 4.39 Å². The molecular weight excluding hydrogens is 373 g/mol. The standard InChI is InChI=1S/C17H20FN5O5/c1-17(2,16(25)19-5-6-24)27-15-13(22-28-23-15)14(21-26)20-12-7-9-3-4-10(18)8-11(9)12/h3-4,8,12,24,26H,5-7H2,1-2H3,(H,19,25)(H,20,21). The maximum Gasteiger partial charge on any atom is 0.288 e. The molecule has 0 saturated heterocycles. The summed E-state index contributed by atoms with van der Waals surface area (Å²) in [5.74, 6) is -1.12. The molecule has 28 heavy (non-hydrogen) atoms. The van der Waals surface area contributed by atoms with E-state index in [1.54, 1.807) is 6.07 Å². The number of benzene rings is 1. The van der Waals surface area contributed by atoms with Gasteiger partial charge in [-0.1, -0.05) is 6.07 Å². The SMILES string of the molecule is CC(C)(Oc1nonc1C(=NC1Cc2ccc(F)cc21)NO)C(=O)NCCO. The van der Waals surface area contributed by atoms with E-state index in [4.69, 9.17) is 9.84 Å². The number of amidine groups is 1. The van der Waals surface area contributed by atoms with E-state index < -0.39 is 11.5 Å². The number of halogens is 1. The first-order valence-electron chi connectivity index (χ1n) is 8.53. The van der Waals surface area contributed by atoms with Crippen LogP contribution >= 0.6 is 0 Å². The Bertz CT molecular complexity index is 898. The highest BCUT2D eigenvalue weighted by Crippen LogP contribution is 2.37. The van der Waals surface area contributed by atoms with E-state index in [9.17, 15) is 14.4 Å². The quantitative estimate of drug-likeness (QED) is 0.303. The predicted molar refractivity (Wildman–Crippen MR) is 93.4 cm³/mol. The molecule has 150 valence electrons. The summed E-state index contributed by atoms with van der Waals surface area (Å²) in [6.07, 6.45) is 0.567. The number of rotatable bonds is 7. The van der Waals surface area contributed by atoms with Crippen LogP contribution in [-0.4, -0.2) is 51.1 Å². The fourth-order valence-corrected chi connectivity index (χ4v) is 2.73. The zero-order valence-corrected chi connectivity index (χ0v) is 15.3. The molecule has 4 N–H and O–H groups in total. The molecule has 10 nitrogen and oxygen atoms in total. The lowest BCUT2D eigenvalue weighted by atomic mass is 9.83. The Hall–Kier alpha value is -3.05. The molecule has 1 aromatic heterocycles. The van der Waals surface area contributed by atoms with Crippen molar-refractivity contribution in [3.63, 3.8) is 0 Å². The maximum atomic E-state index is 13.4. The van der Waals surface area contributed by atoms with Crippen molar-refractivity contribution in [1.29, 1.82) is 0 Å². The van der Waals surface area contributed by atoms with Gasteiger partial charge in [-0.2, -0.15) is 0 Å². The number of carbonyl (C=O) groups excluding carboxylic acids is 1. The lowest BCUT2D eigenvalue weighted by Crippen LogP contribution is -2.47. The van der Waals surface area contributed by atoms with Crippen molar-refractivity contribution in [1.82, 2.24) is 21.1 Å². The maximum absolute atomic E-state index is 13.4. The fourth-order valence-electron chi connectivity index (χ4n) is 2.73. The Morgan fingerprint density at radius 1 is 1.46 bits per heavy atom. The van der Waals surface area contributed by atoms with Gasteiger partial charge in [-0.3, -0.25) is 20.5 Å². The van der Waals surface area contributed by atoms with Crippen LogP contribution in [0, 0.1) is 5.82 Å². The second-order valence-corrected chi connectivity index (χ2v) is 6.66. The summed E-state index contributed by atoms with van der Waals surface area (Å²) in [5.41, 5.74) is 2.17. The van der Waals surface area contributed by atoms with Crippen LogP contribution in [0.3, 0.4) is 0 Å². The molecule has 1 amide bonds. The van der Waals surface area contributed by atoms with Crippen molar-refractivity contribution in [2.24, 2.45) is 4.99 Å². The average Bonchev–Trinajstić information content (AvgIpc) is 3.09. The molecule has 11 heteroatoms. The number of amides is 1. The second-order valence-electron chi connectivity index (χ2n) is 6.66. The number of nitrogens with zero attached hydrogens (tertiary/aromatic N) is 3. The van der Waals surface area contributed by atoms with Crippen LogP contribution in [0.2, 0.25) is 0 Å². The number of aliphatic imine (C=N–C) groups is 1. The number of hydrogen-bond acceptors (Lipinski definition) is 8. The van der Waals surface area contributed by atoms with Crippen LogP contribution in [-0.2, 0) is 11.2 Å². The lowest BCUT2D eigenvalue weighted by Gasteiger charge is -2.27. The van der Waals surface area contributed by atoms with Crippen molar-refractivity contribution in [2.45, 2.75) is 31.9 Å². The molecule has 1 heterocycles. The van der Waals surface area contributed by atoms with E-state index in [0.29, 0.717) is 12.0 Å². The minimum atomic E-state index is -1.37. The topological polar surface area (TPSA) is 142 Å². The van der Waals surface area contributed by atoms with E-state index in [-0.39, 0.29) is 42.4 Å². The van der Waals surface area contributed by atoms with Crippen LogP contribution in [0.5, 0.6) is 5.88 Å². The number of hydrogen-bond donors (Lipinski definition) is 4. The molecule has 2 aromatic rings. The summed E-state index contributed by atoms with van der Waals surface area (Å²) in [5, 5.41) is 28.1. The van der Waals surface area contributed by atoms with E-state index in [0.717, 1.165) is 5.56 Å². The van der Waals surface area contributed by atoms with Gasteiger partial charge < -0.3 is 15.2 Å². The Kier molecular flexibility index (Phi) is 5.56. The van der Waals surface area contributed by atoms with Gasteiger partial charge in [-0.15, -0.1) is 0 Å². The highest BCUT2D eigenvalue weighted by Gasteiger charge is 2.34. The van der Waals surface area contributed by atoms with Crippen molar-refractivity contribution < 1.29 is 28.9 Å². The zero-order chi connectivity index (χ0) is 20.3. The molecule has 1 unspecified atom stereocenters. The molecule has 1 aliphatic rings. The summed E-state index contributed by atoms with van der Waals surface area (Å²) >= 11 is 0. The number of hydroxylamine groups is 1. The largest absolute Gasteiger partial charge is 0.458 e. The van der Waals surface area contributed by atoms with E-state index >= 15 is 0 Å². The monoisotopic (exact) mass is 393 g/mol. The molecule has 1 aliphatic carbocycles. The minimum Gasteiger partial charge on any atom is -0.458 e. The number of aromatic nitrogens is 2. The Labute approximate surface area is 159 Å². The van der Waals surface area contributed by atoms with Gasteiger partial charge >= 0.3 is 0 Å². The number of aliphatic hydroxyl groups is 1. The van der Waals surface area contributed by atoms with Gasteiger partial charge in [0.25, 0.3) is 11.8 Å². The fraction of sp³-hybridized carbons (Fsp3) is 0.412. The third kappa shape index (κ3) is 3.94.